The molecule has 0 N–H and O–H groups in total. The summed E-state index contributed by atoms with van der Waals surface area (Å²) in [6, 6.07) is 85.2. The highest BCUT2D eigenvalue weighted by molar-refractivity contribution is 6.30. The molecule has 0 unspecified atom stereocenters. The van der Waals surface area contributed by atoms with E-state index < -0.39 is 0 Å². The van der Waals surface area contributed by atoms with Crippen LogP contribution in [0.4, 0.5) is 0 Å². The van der Waals surface area contributed by atoms with Crippen LogP contribution in [0.1, 0.15) is 0 Å². The number of hydrogen-bond acceptors (Lipinski definition) is 2. The fourth-order valence-corrected chi connectivity index (χ4v) is 10.1. The maximum atomic E-state index is 5.38. The highest BCUT2D eigenvalue weighted by Crippen LogP contribution is 2.45. The van der Waals surface area contributed by atoms with E-state index in [1.54, 1.807) is 0 Å². The minimum Gasteiger partial charge on any atom is -0.309 e. The van der Waals surface area contributed by atoms with Gasteiger partial charge in [0.15, 0.2) is 0 Å². The molecule has 0 atom stereocenters. The van der Waals surface area contributed by atoms with Crippen molar-refractivity contribution in [1.29, 1.82) is 0 Å². The summed E-state index contributed by atoms with van der Waals surface area (Å²) in [5.74, 6) is 0. The average molecular weight is 826 g/mol. The molecule has 0 spiro atoms. The summed E-state index contributed by atoms with van der Waals surface area (Å²) in [6.45, 7) is 0. The number of fused-ring (bicyclic) bond motifs is 9. The van der Waals surface area contributed by atoms with E-state index in [2.05, 4.69) is 229 Å². The molecule has 0 aliphatic rings. The van der Waals surface area contributed by atoms with Gasteiger partial charge in [0.2, 0.25) is 0 Å². The quantitative estimate of drug-likeness (QED) is 0.167. The first-order valence-electron chi connectivity index (χ1n) is 22.2. The second kappa shape index (κ2) is 15.0. The Morgan fingerprint density at radius 3 is 1.62 bits per heavy atom. The van der Waals surface area contributed by atoms with Gasteiger partial charge in [-0.3, -0.25) is 0 Å². The molecule has 0 radical (unpaired) electrons. The lowest BCUT2D eigenvalue weighted by molar-refractivity contribution is 1.19. The molecule has 0 bridgehead atoms. The number of nitrogens with zero attached hydrogens (tertiary/aromatic N) is 3. The molecule has 13 rings (SSSR count). The molecular weight excluding hydrogens is 787 g/mol. The summed E-state index contributed by atoms with van der Waals surface area (Å²) in [4.78, 5) is 10.7. The van der Waals surface area contributed by atoms with Crippen molar-refractivity contribution >= 4 is 65.2 Å². The molecule has 2 aromatic heterocycles. The van der Waals surface area contributed by atoms with E-state index in [4.69, 9.17) is 9.97 Å². The van der Waals surface area contributed by atoms with Crippen molar-refractivity contribution in [3.05, 3.63) is 237 Å². The van der Waals surface area contributed by atoms with Crippen molar-refractivity contribution in [2.24, 2.45) is 0 Å². The Morgan fingerprint density at radius 1 is 0.277 bits per heavy atom. The molecule has 302 valence electrons. The number of hydrogen-bond donors (Lipinski definition) is 0. The minimum atomic E-state index is 0.861. The van der Waals surface area contributed by atoms with Crippen LogP contribution in [-0.2, 0) is 0 Å². The van der Waals surface area contributed by atoms with Crippen molar-refractivity contribution in [2.75, 3.05) is 0 Å². The van der Waals surface area contributed by atoms with Crippen LogP contribution < -0.4 is 0 Å². The van der Waals surface area contributed by atoms with Gasteiger partial charge in [-0.05, 0) is 108 Å². The average Bonchev–Trinajstić information content (AvgIpc) is 3.73. The zero-order valence-corrected chi connectivity index (χ0v) is 35.4. The largest absolute Gasteiger partial charge is 0.309 e. The molecule has 0 aliphatic carbocycles. The summed E-state index contributed by atoms with van der Waals surface area (Å²) in [7, 11) is 0. The standard InChI is InChI=1S/C62H39N3/c1-3-15-40(16-4-1)45-20-13-21-46(37-45)41-29-31-44(32-30-41)61-62(64-56-28-12-11-27-55(56)63-61)53-26-14-22-47-38-48(34-35-49(47)53)65-57-36-33-43-19-7-8-23-50(43)59(57)60-52-25-10-9-24-51(52)54(39-58(60)65)42-17-5-2-6-18-42/h1-39H. The van der Waals surface area contributed by atoms with Crippen molar-refractivity contribution < 1.29 is 0 Å². The van der Waals surface area contributed by atoms with Gasteiger partial charge in [0.05, 0.1) is 33.5 Å². The molecule has 0 aliphatic heterocycles. The maximum absolute atomic E-state index is 5.38. The second-order valence-corrected chi connectivity index (χ2v) is 16.9. The summed E-state index contributed by atoms with van der Waals surface area (Å²) in [5.41, 5.74) is 16.2. The van der Waals surface area contributed by atoms with Crippen molar-refractivity contribution in [3.63, 3.8) is 0 Å². The van der Waals surface area contributed by atoms with Gasteiger partial charge >= 0.3 is 0 Å². The highest BCUT2D eigenvalue weighted by atomic mass is 15.0. The topological polar surface area (TPSA) is 30.7 Å². The Kier molecular flexibility index (Phi) is 8.53. The van der Waals surface area contributed by atoms with Gasteiger partial charge in [0.1, 0.15) is 0 Å². The predicted octanol–water partition coefficient (Wildman–Crippen LogP) is 16.5. The predicted molar refractivity (Wildman–Crippen MR) is 274 cm³/mol. The third kappa shape index (κ3) is 6.12. The molecular formula is C62H39N3. The van der Waals surface area contributed by atoms with Crippen LogP contribution in [0.5, 0.6) is 0 Å². The van der Waals surface area contributed by atoms with E-state index in [1.165, 1.54) is 71.2 Å². The molecule has 0 amide bonds. The zero-order valence-electron chi connectivity index (χ0n) is 35.4. The van der Waals surface area contributed by atoms with Crippen molar-refractivity contribution in [1.82, 2.24) is 14.5 Å². The highest BCUT2D eigenvalue weighted by Gasteiger charge is 2.21. The molecule has 13 aromatic rings. The number of benzene rings is 11. The van der Waals surface area contributed by atoms with Crippen LogP contribution in [0.2, 0.25) is 0 Å². The van der Waals surface area contributed by atoms with Gasteiger partial charge < -0.3 is 4.57 Å². The van der Waals surface area contributed by atoms with Crippen LogP contribution in [0.25, 0.3) is 127 Å². The number of aromatic nitrogens is 3. The molecule has 0 fully saturated rings. The lowest BCUT2D eigenvalue weighted by atomic mass is 9.94. The fraction of sp³-hybridized carbons (Fsp3) is 0. The minimum absolute atomic E-state index is 0.861. The molecule has 2 heterocycles. The van der Waals surface area contributed by atoms with Crippen LogP contribution in [-0.4, -0.2) is 14.5 Å². The van der Waals surface area contributed by atoms with Crippen LogP contribution in [0.15, 0.2) is 237 Å². The first-order valence-corrected chi connectivity index (χ1v) is 22.2. The summed E-state index contributed by atoms with van der Waals surface area (Å²) in [5, 5.41) is 9.79. The second-order valence-electron chi connectivity index (χ2n) is 16.9. The number of rotatable bonds is 6. The lowest BCUT2D eigenvalue weighted by Crippen LogP contribution is -1.97. The molecule has 0 saturated heterocycles. The van der Waals surface area contributed by atoms with E-state index in [1.807, 2.05) is 12.1 Å². The third-order valence-corrected chi connectivity index (χ3v) is 13.2. The number of para-hydroxylation sites is 2. The van der Waals surface area contributed by atoms with E-state index in [0.717, 1.165) is 55.6 Å². The van der Waals surface area contributed by atoms with Gasteiger partial charge in [-0.2, -0.15) is 0 Å². The molecule has 3 heteroatoms. The van der Waals surface area contributed by atoms with Gasteiger partial charge in [0.25, 0.3) is 0 Å². The lowest BCUT2D eigenvalue weighted by Gasteiger charge is -2.15. The van der Waals surface area contributed by atoms with Crippen LogP contribution >= 0.6 is 0 Å². The van der Waals surface area contributed by atoms with Gasteiger partial charge in [-0.25, -0.2) is 9.97 Å². The Bertz CT molecular complexity index is 3980. The Labute approximate surface area is 376 Å². The third-order valence-electron chi connectivity index (χ3n) is 13.2. The van der Waals surface area contributed by atoms with E-state index >= 15 is 0 Å². The molecule has 0 saturated carbocycles. The Balaban J connectivity index is 0.989. The Hall–Kier alpha value is -8.66. The SMILES string of the molecule is c1ccc(-c2cccc(-c3ccc(-c4nc5ccccc5nc4-c4cccc5cc(-n6c7ccc8ccccc8c7c7c8ccccc8c(-c8ccccc8)cc76)ccc45)cc3)c2)cc1. The molecule has 3 nitrogen and oxygen atoms in total. The monoisotopic (exact) mass is 825 g/mol. The van der Waals surface area contributed by atoms with E-state index in [-0.39, 0.29) is 0 Å². The zero-order chi connectivity index (χ0) is 42.8. The van der Waals surface area contributed by atoms with E-state index in [0.29, 0.717) is 0 Å². The van der Waals surface area contributed by atoms with Gasteiger partial charge in [0, 0.05) is 27.6 Å². The summed E-state index contributed by atoms with van der Waals surface area (Å²) < 4.78 is 2.47. The Morgan fingerprint density at radius 2 is 0.846 bits per heavy atom. The fourth-order valence-electron chi connectivity index (χ4n) is 10.1. The first-order chi connectivity index (χ1) is 32.2. The van der Waals surface area contributed by atoms with Gasteiger partial charge in [-0.15, -0.1) is 0 Å². The van der Waals surface area contributed by atoms with Crippen LogP contribution in [0.3, 0.4) is 0 Å². The van der Waals surface area contributed by atoms with Crippen LogP contribution in [0, 0.1) is 0 Å². The summed E-state index contributed by atoms with van der Waals surface area (Å²) in [6.07, 6.45) is 0. The maximum Gasteiger partial charge on any atom is 0.0979 e. The van der Waals surface area contributed by atoms with Gasteiger partial charge in [-0.1, -0.05) is 194 Å². The van der Waals surface area contributed by atoms with Crippen molar-refractivity contribution in [3.8, 4) is 61.6 Å². The van der Waals surface area contributed by atoms with E-state index in [9.17, 15) is 0 Å². The first kappa shape index (κ1) is 36.9. The smallest absolute Gasteiger partial charge is 0.0979 e. The van der Waals surface area contributed by atoms with Crippen molar-refractivity contribution in [2.45, 2.75) is 0 Å². The summed E-state index contributed by atoms with van der Waals surface area (Å²) >= 11 is 0. The molecule has 65 heavy (non-hydrogen) atoms. The molecule has 11 aromatic carbocycles. The normalized spacial score (nSPS) is 11.7.